The Morgan fingerprint density at radius 3 is 2.34 bits per heavy atom. The molecule has 236 valence electrons. The minimum atomic E-state index is -4.58. The lowest BCUT2D eigenvalue weighted by atomic mass is 9.94. The summed E-state index contributed by atoms with van der Waals surface area (Å²) in [5.74, 6) is -4.05. The zero-order valence-corrected chi connectivity index (χ0v) is 26.8. The number of fused-ring (bicyclic) bond motifs is 3. The summed E-state index contributed by atoms with van der Waals surface area (Å²) in [6, 6.07) is 10.2. The van der Waals surface area contributed by atoms with Crippen LogP contribution in [0.25, 0.3) is 10.8 Å². The summed E-state index contributed by atoms with van der Waals surface area (Å²) >= 11 is 3.26. The smallest absolute Gasteiger partial charge is 0.298 e. The summed E-state index contributed by atoms with van der Waals surface area (Å²) in [6.45, 7) is 0. The Bertz CT molecular complexity index is 1650. The van der Waals surface area contributed by atoms with Crippen LogP contribution in [0.15, 0.2) is 64.0 Å². The predicted octanol–water partition coefficient (Wildman–Crippen LogP) is 5.85. The molecule has 44 heavy (non-hydrogen) atoms. The first kappa shape index (κ1) is 31.2. The van der Waals surface area contributed by atoms with Gasteiger partial charge < -0.3 is 20.1 Å². The van der Waals surface area contributed by atoms with Gasteiger partial charge in [0.1, 0.15) is 11.5 Å². The van der Waals surface area contributed by atoms with Gasteiger partial charge in [0.05, 0.1) is 22.6 Å². The monoisotopic (exact) mass is 691 g/mol. The fourth-order valence-corrected chi connectivity index (χ4v) is 8.54. The molecule has 1 aliphatic carbocycles. The van der Waals surface area contributed by atoms with E-state index in [0.717, 1.165) is 43.2 Å². The number of nitrogens with one attached hydrogen (secondary N) is 1. The molecule has 2 bridgehead atoms. The third-order valence-electron chi connectivity index (χ3n) is 9.14. The molecule has 3 N–H and O–H groups in total. The maximum atomic E-state index is 16.5. The van der Waals surface area contributed by atoms with Crippen LogP contribution in [0.4, 0.5) is 8.78 Å². The SMILES string of the molecule is COc1cc(C(F)(F)[C@@H](NS(=O)(=O)c2ccc3cc(OC4CCCC4)ccc3c2)C(=O)N2C3CCC2CC(N)C3)ccc1Br. The summed E-state index contributed by atoms with van der Waals surface area (Å²) in [6.07, 6.45) is 6.69. The Morgan fingerprint density at radius 2 is 1.66 bits per heavy atom. The number of ether oxygens (including phenoxy) is 2. The van der Waals surface area contributed by atoms with Crippen LogP contribution in [0, 0.1) is 0 Å². The first-order valence-corrected chi connectivity index (χ1v) is 17.3. The van der Waals surface area contributed by atoms with Gasteiger partial charge in [-0.15, -0.1) is 0 Å². The number of nitrogens with two attached hydrogens (primary N) is 1. The minimum absolute atomic E-state index is 0.131. The van der Waals surface area contributed by atoms with Gasteiger partial charge in [0.25, 0.3) is 5.92 Å². The Morgan fingerprint density at radius 1 is 1.00 bits per heavy atom. The highest BCUT2D eigenvalue weighted by Gasteiger charge is 2.53. The maximum absolute atomic E-state index is 16.5. The molecular formula is C32H36BrF2N3O5S. The molecule has 3 aliphatic rings. The van der Waals surface area contributed by atoms with Gasteiger partial charge in [-0.3, -0.25) is 4.79 Å². The number of rotatable bonds is 9. The first-order valence-electron chi connectivity index (χ1n) is 15.0. The van der Waals surface area contributed by atoms with Crippen LogP contribution in [-0.2, 0) is 20.7 Å². The van der Waals surface area contributed by atoms with Crippen LogP contribution in [0.2, 0.25) is 0 Å². The van der Waals surface area contributed by atoms with E-state index in [-0.39, 0.29) is 34.9 Å². The third kappa shape index (κ3) is 6.05. The first-order chi connectivity index (χ1) is 21.0. The number of piperidine rings is 1. The van der Waals surface area contributed by atoms with E-state index in [1.807, 2.05) is 6.07 Å². The van der Waals surface area contributed by atoms with E-state index in [2.05, 4.69) is 20.7 Å². The number of carbonyl (C=O) groups excluding carboxylic acids is 1. The molecule has 3 aromatic carbocycles. The highest BCUT2D eigenvalue weighted by atomic mass is 79.9. The second-order valence-electron chi connectivity index (χ2n) is 12.1. The van der Waals surface area contributed by atoms with Gasteiger partial charge >= 0.3 is 0 Å². The van der Waals surface area contributed by atoms with E-state index in [4.69, 9.17) is 15.2 Å². The van der Waals surface area contributed by atoms with Crippen LogP contribution >= 0.6 is 15.9 Å². The van der Waals surface area contributed by atoms with Gasteiger partial charge in [-0.05, 0) is 114 Å². The molecular weight excluding hydrogens is 656 g/mol. The average Bonchev–Trinajstić information content (AvgIpc) is 3.60. The van der Waals surface area contributed by atoms with Gasteiger partial charge in [0, 0.05) is 23.7 Å². The fraction of sp³-hybridized carbons (Fsp3) is 0.469. The highest BCUT2D eigenvalue weighted by molar-refractivity contribution is 9.10. The molecule has 2 heterocycles. The molecule has 2 saturated heterocycles. The zero-order valence-electron chi connectivity index (χ0n) is 24.3. The van der Waals surface area contributed by atoms with Crippen molar-refractivity contribution in [3.8, 4) is 11.5 Å². The molecule has 2 aliphatic heterocycles. The maximum Gasteiger partial charge on any atom is 0.298 e. The number of methoxy groups -OCH3 is 1. The van der Waals surface area contributed by atoms with Gasteiger partial charge in [-0.2, -0.15) is 13.5 Å². The largest absolute Gasteiger partial charge is 0.496 e. The van der Waals surface area contributed by atoms with Crippen LogP contribution < -0.4 is 19.9 Å². The van der Waals surface area contributed by atoms with Gasteiger partial charge in [-0.25, -0.2) is 8.42 Å². The number of carbonyl (C=O) groups is 1. The van der Waals surface area contributed by atoms with Crippen molar-refractivity contribution in [2.45, 2.75) is 92.5 Å². The Labute approximate surface area is 264 Å². The van der Waals surface area contributed by atoms with Gasteiger partial charge in [-0.1, -0.05) is 18.2 Å². The van der Waals surface area contributed by atoms with Crippen LogP contribution in [0.3, 0.4) is 0 Å². The number of halogens is 3. The Hall–Kier alpha value is -2.80. The normalized spacial score (nSPS) is 23.2. The number of hydrogen-bond donors (Lipinski definition) is 2. The molecule has 0 radical (unpaired) electrons. The van der Waals surface area contributed by atoms with E-state index < -0.39 is 33.5 Å². The van der Waals surface area contributed by atoms with Crippen molar-refractivity contribution < 1.29 is 31.5 Å². The quantitative estimate of drug-likeness (QED) is 0.291. The van der Waals surface area contributed by atoms with Crippen molar-refractivity contribution in [2.75, 3.05) is 7.11 Å². The van der Waals surface area contributed by atoms with E-state index in [1.54, 1.807) is 18.2 Å². The molecule has 3 atom stereocenters. The predicted molar refractivity (Wildman–Crippen MR) is 166 cm³/mol. The van der Waals surface area contributed by atoms with E-state index in [0.29, 0.717) is 41.3 Å². The summed E-state index contributed by atoms with van der Waals surface area (Å²) < 4.78 is 74.3. The molecule has 2 unspecified atom stereocenters. The summed E-state index contributed by atoms with van der Waals surface area (Å²) in [4.78, 5) is 15.2. The number of benzene rings is 3. The number of nitrogens with zero attached hydrogens (tertiary/aromatic N) is 1. The van der Waals surface area contributed by atoms with Crippen molar-refractivity contribution in [1.82, 2.24) is 9.62 Å². The number of amides is 1. The third-order valence-corrected chi connectivity index (χ3v) is 11.2. The second-order valence-corrected chi connectivity index (χ2v) is 14.7. The highest BCUT2D eigenvalue weighted by Crippen LogP contribution is 2.41. The van der Waals surface area contributed by atoms with Crippen molar-refractivity contribution >= 4 is 42.6 Å². The summed E-state index contributed by atoms with van der Waals surface area (Å²) in [5, 5.41) is 1.35. The lowest BCUT2D eigenvalue weighted by molar-refractivity contribution is -0.149. The zero-order chi connectivity index (χ0) is 31.2. The molecule has 0 aromatic heterocycles. The van der Waals surface area contributed by atoms with E-state index >= 15 is 8.78 Å². The minimum Gasteiger partial charge on any atom is -0.496 e. The average molecular weight is 693 g/mol. The second kappa shape index (κ2) is 12.2. The van der Waals surface area contributed by atoms with Gasteiger partial charge in [0.2, 0.25) is 15.9 Å². The summed E-state index contributed by atoms with van der Waals surface area (Å²) in [7, 11) is -3.24. The molecule has 0 spiro atoms. The van der Waals surface area contributed by atoms with Crippen LogP contribution in [0.5, 0.6) is 11.5 Å². The number of hydrogen-bond acceptors (Lipinski definition) is 6. The van der Waals surface area contributed by atoms with E-state index in [1.165, 1.54) is 30.2 Å². The Balaban J connectivity index is 1.33. The molecule has 6 rings (SSSR count). The number of sulfonamides is 1. The fourth-order valence-electron chi connectivity index (χ4n) is 6.91. The summed E-state index contributed by atoms with van der Waals surface area (Å²) in [5.41, 5.74) is 5.62. The van der Waals surface area contributed by atoms with Crippen molar-refractivity contribution in [2.24, 2.45) is 5.73 Å². The van der Waals surface area contributed by atoms with Crippen molar-refractivity contribution in [3.05, 3.63) is 64.6 Å². The van der Waals surface area contributed by atoms with Gasteiger partial charge in [0.15, 0.2) is 6.04 Å². The topological polar surface area (TPSA) is 111 Å². The molecule has 1 amide bonds. The van der Waals surface area contributed by atoms with E-state index in [9.17, 15) is 13.2 Å². The van der Waals surface area contributed by atoms with Crippen molar-refractivity contribution in [1.29, 1.82) is 0 Å². The molecule has 8 nitrogen and oxygen atoms in total. The Kier molecular flexibility index (Phi) is 8.64. The van der Waals surface area contributed by atoms with Crippen molar-refractivity contribution in [3.63, 3.8) is 0 Å². The number of alkyl halides is 2. The lowest BCUT2D eigenvalue weighted by Crippen LogP contribution is -2.60. The lowest BCUT2D eigenvalue weighted by Gasteiger charge is -2.41. The van der Waals surface area contributed by atoms with Crippen LogP contribution in [-0.4, -0.2) is 56.6 Å². The molecule has 3 fully saturated rings. The molecule has 1 saturated carbocycles. The molecule has 3 aromatic rings. The standard InChI is InChI=1S/C32H36BrF2N3O5S/c1-42-29-16-21(8-13-28(29)33)32(34,35)30(31(39)38-23-9-10-24(38)18-22(36)17-23)37-44(40,41)27-12-7-19-14-26(11-6-20(19)15-27)43-25-4-2-3-5-25/h6-8,11-16,22-25,30,37H,2-5,9-10,17-18,36H2,1H3/t22?,23?,24?,30-/m0/s1. The molecule has 12 heteroatoms. The van der Waals surface area contributed by atoms with Crippen LogP contribution in [0.1, 0.15) is 56.9 Å².